The van der Waals surface area contributed by atoms with Crippen LogP contribution in [-0.4, -0.2) is 11.7 Å². The van der Waals surface area contributed by atoms with Crippen molar-refractivity contribution >= 4 is 11.7 Å². The van der Waals surface area contributed by atoms with Crippen LogP contribution in [0.4, 0.5) is 4.79 Å². The highest BCUT2D eigenvalue weighted by Crippen LogP contribution is 2.44. The van der Waals surface area contributed by atoms with Gasteiger partial charge in [0, 0.05) is 5.92 Å². The maximum atomic E-state index is 12.7. The lowest BCUT2D eigenvalue weighted by Crippen LogP contribution is -2.39. The molecule has 30 heavy (non-hydrogen) atoms. The van der Waals surface area contributed by atoms with Gasteiger partial charge in [0.2, 0.25) is 0 Å². The molecule has 0 aliphatic heterocycles. The molecule has 0 spiro atoms. The minimum absolute atomic E-state index is 0.0686. The summed E-state index contributed by atoms with van der Waals surface area (Å²) in [7, 11) is 0. The van der Waals surface area contributed by atoms with Gasteiger partial charge in [0.25, 0.3) is 5.70 Å². The molecule has 0 unspecified atom stereocenters. The van der Waals surface area contributed by atoms with Crippen molar-refractivity contribution in [2.45, 2.75) is 45.3 Å². The van der Waals surface area contributed by atoms with Crippen molar-refractivity contribution in [1.82, 2.24) is 5.32 Å². The number of benzene rings is 2. The lowest BCUT2D eigenvalue weighted by molar-refractivity contribution is 0.0491. The maximum Gasteiger partial charge on any atom is 0.408 e. The van der Waals surface area contributed by atoms with E-state index in [1.165, 1.54) is 0 Å². The molecule has 2 aromatic rings. The lowest BCUT2D eigenvalue weighted by Gasteiger charge is -2.35. The Hall–Kier alpha value is -3.57. The quantitative estimate of drug-likeness (QED) is 0.534. The molecule has 0 saturated carbocycles. The Kier molecular flexibility index (Phi) is 6.23. The van der Waals surface area contributed by atoms with Crippen molar-refractivity contribution in [2.24, 2.45) is 5.92 Å². The van der Waals surface area contributed by atoms with Crippen LogP contribution in [0.1, 0.15) is 49.9 Å². The van der Waals surface area contributed by atoms with Gasteiger partial charge < -0.3 is 10.1 Å². The lowest BCUT2D eigenvalue weighted by atomic mass is 9.73. The molecular formula is C25H25N3O2. The van der Waals surface area contributed by atoms with Crippen LogP contribution in [0, 0.1) is 23.8 Å². The molecule has 5 nitrogen and oxygen atoms in total. The molecule has 0 bridgehead atoms. The normalized spacial score (nSPS) is 18.2. The zero-order chi connectivity index (χ0) is 21.7. The summed E-state index contributed by atoms with van der Waals surface area (Å²) in [6.07, 6.45) is 0.999. The van der Waals surface area contributed by atoms with Gasteiger partial charge in [0.15, 0.2) is 0 Å². The molecule has 0 aromatic heterocycles. The number of carbonyl (C=O) groups excluding carboxylic acids is 1. The highest BCUT2D eigenvalue weighted by molar-refractivity contribution is 5.79. The molecule has 0 heterocycles. The van der Waals surface area contributed by atoms with Crippen molar-refractivity contribution in [1.29, 1.82) is 5.26 Å². The summed E-state index contributed by atoms with van der Waals surface area (Å²) < 4.78 is 5.51. The van der Waals surface area contributed by atoms with Crippen molar-refractivity contribution in [3.63, 3.8) is 0 Å². The van der Waals surface area contributed by atoms with E-state index in [9.17, 15) is 10.1 Å². The fraction of sp³-hybridized carbons (Fsp3) is 0.320. The Balaban J connectivity index is 2.10. The van der Waals surface area contributed by atoms with E-state index in [0.29, 0.717) is 12.0 Å². The second-order valence-electron chi connectivity index (χ2n) is 8.32. The number of alkyl carbamates (subject to hydrolysis) is 1. The number of nitrogens with zero attached hydrogens (tertiary/aromatic N) is 2. The van der Waals surface area contributed by atoms with Crippen LogP contribution in [0.5, 0.6) is 0 Å². The molecule has 1 amide bonds. The summed E-state index contributed by atoms with van der Waals surface area (Å²) in [6, 6.07) is 19.2. The minimum Gasteiger partial charge on any atom is -0.444 e. The maximum absolute atomic E-state index is 12.7. The molecule has 0 radical (unpaired) electrons. The molecular weight excluding hydrogens is 374 g/mol. The molecule has 152 valence electrons. The summed E-state index contributed by atoms with van der Waals surface area (Å²) >= 11 is 0. The molecule has 2 aromatic carbocycles. The van der Waals surface area contributed by atoms with Gasteiger partial charge in [-0.1, -0.05) is 54.6 Å². The van der Waals surface area contributed by atoms with E-state index in [-0.39, 0.29) is 11.6 Å². The third-order valence-electron chi connectivity index (χ3n) is 5.11. The standard InChI is InChI=1S/C25H25N3O2/c1-25(2,3)30-24(29)28-23(18-11-6-5-7-12-18)20-15-14-17-10-8-9-13-19(17)22(20)21(16-26)27-4/h5-13,20,23H,14-15H2,1-3H3,(H,28,29)/b22-21+/t20-,23+/m0/s1. The second-order valence-corrected chi connectivity index (χ2v) is 8.32. The number of hydrogen-bond donors (Lipinski definition) is 1. The minimum atomic E-state index is -0.627. The fourth-order valence-electron chi connectivity index (χ4n) is 3.95. The van der Waals surface area contributed by atoms with Gasteiger partial charge in [-0.05, 0) is 55.9 Å². The van der Waals surface area contributed by atoms with Crippen LogP contribution in [-0.2, 0) is 11.2 Å². The Morgan fingerprint density at radius 1 is 1.20 bits per heavy atom. The van der Waals surface area contributed by atoms with Crippen molar-refractivity contribution in [3.05, 3.63) is 88.4 Å². The molecule has 5 heteroatoms. The molecule has 0 fully saturated rings. The number of aryl methyl sites for hydroxylation is 1. The molecule has 1 N–H and O–H groups in total. The number of ether oxygens (including phenoxy) is 1. The summed E-state index contributed by atoms with van der Waals surface area (Å²) in [5.74, 6) is -0.224. The SMILES string of the molecule is [C-]#[N+]/C(C#N)=C1\c2ccccc2CC[C@@H]1[C@H](NC(=O)OC(C)(C)C)c1ccccc1. The van der Waals surface area contributed by atoms with Crippen LogP contribution in [0.15, 0.2) is 60.3 Å². The fourth-order valence-corrected chi connectivity index (χ4v) is 3.95. The zero-order valence-electron chi connectivity index (χ0n) is 17.5. The van der Waals surface area contributed by atoms with Crippen LogP contribution in [0.2, 0.25) is 0 Å². The smallest absolute Gasteiger partial charge is 0.408 e. The summed E-state index contributed by atoms with van der Waals surface area (Å²) in [6.45, 7) is 13.0. The van der Waals surface area contributed by atoms with Gasteiger partial charge in [-0.25, -0.2) is 14.9 Å². The predicted octanol–water partition coefficient (Wildman–Crippen LogP) is 5.67. The number of fused-ring (bicyclic) bond motifs is 1. The molecule has 0 saturated heterocycles. The van der Waals surface area contributed by atoms with Gasteiger partial charge in [-0.2, -0.15) is 0 Å². The highest BCUT2D eigenvalue weighted by Gasteiger charge is 2.35. The van der Waals surface area contributed by atoms with E-state index < -0.39 is 17.7 Å². The predicted molar refractivity (Wildman–Crippen MR) is 116 cm³/mol. The average molecular weight is 399 g/mol. The topological polar surface area (TPSA) is 66.5 Å². The summed E-state index contributed by atoms with van der Waals surface area (Å²) in [4.78, 5) is 16.2. The third-order valence-corrected chi connectivity index (χ3v) is 5.11. The van der Waals surface area contributed by atoms with Gasteiger partial charge in [-0.15, -0.1) is 0 Å². The monoisotopic (exact) mass is 399 g/mol. The Morgan fingerprint density at radius 2 is 1.87 bits per heavy atom. The van der Waals surface area contributed by atoms with Crippen molar-refractivity contribution < 1.29 is 9.53 Å². The van der Waals surface area contributed by atoms with Crippen molar-refractivity contribution in [2.75, 3.05) is 0 Å². The highest BCUT2D eigenvalue weighted by atomic mass is 16.6. The van der Waals surface area contributed by atoms with E-state index in [0.717, 1.165) is 23.1 Å². The number of amides is 1. The first-order chi connectivity index (χ1) is 14.3. The number of hydrogen-bond acceptors (Lipinski definition) is 3. The number of nitrogens with one attached hydrogen (secondary N) is 1. The average Bonchev–Trinajstić information content (AvgIpc) is 2.72. The Bertz CT molecular complexity index is 1020. The van der Waals surface area contributed by atoms with Crippen LogP contribution in [0.25, 0.3) is 10.4 Å². The van der Waals surface area contributed by atoms with Gasteiger partial charge >= 0.3 is 6.09 Å². The van der Waals surface area contributed by atoms with Gasteiger partial charge in [-0.3, -0.25) is 0 Å². The number of nitriles is 1. The molecule has 2 atom stereocenters. The van der Waals surface area contributed by atoms with E-state index in [1.54, 1.807) is 0 Å². The second kappa shape index (κ2) is 8.84. The van der Waals surface area contributed by atoms with Crippen LogP contribution >= 0.6 is 0 Å². The first-order valence-corrected chi connectivity index (χ1v) is 9.98. The first kappa shape index (κ1) is 21.1. The number of carbonyl (C=O) groups is 1. The van der Waals surface area contributed by atoms with E-state index in [2.05, 4.69) is 16.2 Å². The van der Waals surface area contributed by atoms with E-state index >= 15 is 0 Å². The van der Waals surface area contributed by atoms with Crippen LogP contribution < -0.4 is 5.32 Å². The number of rotatable bonds is 3. The molecule has 3 rings (SSSR count). The molecule has 1 aliphatic rings. The Morgan fingerprint density at radius 3 is 2.50 bits per heavy atom. The Labute approximate surface area is 177 Å². The molecule has 1 aliphatic carbocycles. The largest absolute Gasteiger partial charge is 0.444 e. The summed E-state index contributed by atoms with van der Waals surface area (Å²) in [5.41, 5.74) is 3.07. The van der Waals surface area contributed by atoms with E-state index in [1.807, 2.05) is 75.4 Å². The van der Waals surface area contributed by atoms with Gasteiger partial charge in [0.05, 0.1) is 18.7 Å². The zero-order valence-corrected chi connectivity index (χ0v) is 17.5. The van der Waals surface area contributed by atoms with Gasteiger partial charge in [0.1, 0.15) is 5.60 Å². The van der Waals surface area contributed by atoms with Crippen molar-refractivity contribution in [3.8, 4) is 6.07 Å². The third kappa shape index (κ3) is 4.70. The summed E-state index contributed by atoms with van der Waals surface area (Å²) in [5, 5.41) is 12.7. The van der Waals surface area contributed by atoms with Crippen LogP contribution in [0.3, 0.4) is 0 Å². The first-order valence-electron chi connectivity index (χ1n) is 9.98. The number of allylic oxidation sites excluding steroid dienone is 1. The van der Waals surface area contributed by atoms with E-state index in [4.69, 9.17) is 11.3 Å².